The smallest absolute Gasteiger partial charge is 0.252 e. The summed E-state index contributed by atoms with van der Waals surface area (Å²) in [5.74, 6) is -0.908. The summed E-state index contributed by atoms with van der Waals surface area (Å²) in [6, 6.07) is 7.13. The molecular formula is C11H9NO2. The lowest BCUT2D eigenvalue weighted by Crippen LogP contribution is -2.18. The molecule has 0 bridgehead atoms. The Labute approximate surface area is 81.2 Å². The second-order valence-corrected chi connectivity index (χ2v) is 3.24. The van der Waals surface area contributed by atoms with Crippen LogP contribution in [0.3, 0.4) is 0 Å². The van der Waals surface area contributed by atoms with Gasteiger partial charge in [0, 0.05) is 5.56 Å². The predicted octanol–water partition coefficient (Wildman–Crippen LogP) is 1.14. The highest BCUT2D eigenvalue weighted by atomic mass is 16.2. The van der Waals surface area contributed by atoms with Crippen molar-refractivity contribution in [1.29, 1.82) is 0 Å². The van der Waals surface area contributed by atoms with Gasteiger partial charge in [-0.3, -0.25) is 9.59 Å². The summed E-state index contributed by atoms with van der Waals surface area (Å²) in [6.45, 7) is 1.74. The largest absolute Gasteiger partial charge is 0.365 e. The molecule has 1 amide bonds. The summed E-state index contributed by atoms with van der Waals surface area (Å²) in [5, 5.41) is 0. The fourth-order valence-corrected chi connectivity index (χ4v) is 1.74. The molecule has 1 aromatic carbocycles. The van der Waals surface area contributed by atoms with Crippen LogP contribution in [0.15, 0.2) is 29.8 Å². The molecule has 0 fully saturated rings. The number of benzene rings is 1. The number of hydrogen-bond donors (Lipinski definition) is 1. The average Bonchev–Trinajstić information content (AvgIpc) is 2.41. The Kier molecular flexibility index (Phi) is 1.74. The normalized spacial score (nSPS) is 14.5. The Balaban J connectivity index is 2.69. The van der Waals surface area contributed by atoms with Gasteiger partial charge in [0.05, 0.1) is 5.57 Å². The molecule has 70 valence electrons. The summed E-state index contributed by atoms with van der Waals surface area (Å²) >= 11 is 0. The molecule has 1 aromatic rings. The highest BCUT2D eigenvalue weighted by Gasteiger charge is 2.29. The zero-order valence-electron chi connectivity index (χ0n) is 7.70. The number of ketones is 1. The summed E-state index contributed by atoms with van der Waals surface area (Å²) in [5.41, 5.74) is 7.32. The topological polar surface area (TPSA) is 60.2 Å². The number of nitrogens with two attached hydrogens (primary N) is 1. The summed E-state index contributed by atoms with van der Waals surface area (Å²) in [4.78, 5) is 22.7. The van der Waals surface area contributed by atoms with Crippen LogP contribution in [0, 0.1) is 0 Å². The van der Waals surface area contributed by atoms with E-state index in [0.29, 0.717) is 11.1 Å². The molecule has 2 rings (SSSR count). The lowest BCUT2D eigenvalue weighted by molar-refractivity contribution is -0.114. The quantitative estimate of drug-likeness (QED) is 0.670. The third kappa shape index (κ3) is 0.988. The van der Waals surface area contributed by atoms with E-state index in [1.807, 2.05) is 12.1 Å². The molecule has 0 radical (unpaired) electrons. The van der Waals surface area contributed by atoms with Gasteiger partial charge in [-0.25, -0.2) is 0 Å². The van der Waals surface area contributed by atoms with Gasteiger partial charge >= 0.3 is 0 Å². The first-order chi connectivity index (χ1) is 6.63. The number of fused-ring (bicyclic) bond motifs is 1. The fraction of sp³-hybridized carbons (Fsp3) is 0.0909. The predicted molar refractivity (Wildman–Crippen MR) is 52.6 cm³/mol. The van der Waals surface area contributed by atoms with Crippen molar-refractivity contribution < 1.29 is 9.59 Å². The molecule has 3 heteroatoms. The van der Waals surface area contributed by atoms with E-state index in [1.165, 1.54) is 0 Å². The molecule has 0 spiro atoms. The van der Waals surface area contributed by atoms with Crippen LogP contribution in [-0.4, -0.2) is 11.7 Å². The Morgan fingerprint density at radius 3 is 2.29 bits per heavy atom. The molecule has 2 N–H and O–H groups in total. The molecule has 0 atom stereocenters. The second-order valence-electron chi connectivity index (χ2n) is 3.24. The Morgan fingerprint density at radius 2 is 1.79 bits per heavy atom. The molecule has 3 nitrogen and oxygen atoms in total. The first kappa shape index (κ1) is 8.69. The Bertz CT molecular complexity index is 472. The van der Waals surface area contributed by atoms with Crippen molar-refractivity contribution >= 4 is 17.3 Å². The lowest BCUT2D eigenvalue weighted by Gasteiger charge is -1.96. The van der Waals surface area contributed by atoms with Gasteiger partial charge in [-0.05, 0) is 18.1 Å². The fourth-order valence-electron chi connectivity index (χ4n) is 1.74. The average molecular weight is 187 g/mol. The van der Waals surface area contributed by atoms with Gasteiger partial charge in [-0.2, -0.15) is 0 Å². The number of allylic oxidation sites excluding steroid dienone is 1. The van der Waals surface area contributed by atoms with Crippen LogP contribution >= 0.6 is 0 Å². The minimum Gasteiger partial charge on any atom is -0.365 e. The number of carbonyl (C=O) groups excluding carboxylic acids is 2. The number of hydrogen-bond acceptors (Lipinski definition) is 2. The first-order valence-corrected chi connectivity index (χ1v) is 4.27. The number of carbonyl (C=O) groups is 2. The SMILES string of the molecule is CC1=C(C(N)=O)C(=O)c2ccccc21. The zero-order valence-corrected chi connectivity index (χ0v) is 7.70. The van der Waals surface area contributed by atoms with Crippen molar-refractivity contribution in [3.8, 4) is 0 Å². The van der Waals surface area contributed by atoms with Crippen LogP contribution in [0.1, 0.15) is 22.8 Å². The van der Waals surface area contributed by atoms with Crippen molar-refractivity contribution in [2.75, 3.05) is 0 Å². The van der Waals surface area contributed by atoms with Crippen LogP contribution in [-0.2, 0) is 4.79 Å². The van der Waals surface area contributed by atoms with Crippen LogP contribution in [0.4, 0.5) is 0 Å². The third-order valence-electron chi connectivity index (χ3n) is 2.42. The van der Waals surface area contributed by atoms with Crippen molar-refractivity contribution in [2.24, 2.45) is 5.73 Å². The van der Waals surface area contributed by atoms with Crippen LogP contribution in [0.25, 0.3) is 5.57 Å². The molecular weight excluding hydrogens is 178 g/mol. The second kappa shape index (κ2) is 2.80. The minimum atomic E-state index is -0.649. The van der Waals surface area contributed by atoms with Crippen LogP contribution < -0.4 is 5.73 Å². The molecule has 0 aromatic heterocycles. The zero-order chi connectivity index (χ0) is 10.3. The van der Waals surface area contributed by atoms with Gasteiger partial charge in [0.2, 0.25) is 0 Å². The van der Waals surface area contributed by atoms with Gasteiger partial charge < -0.3 is 5.73 Å². The van der Waals surface area contributed by atoms with E-state index >= 15 is 0 Å². The van der Waals surface area contributed by atoms with Crippen LogP contribution in [0.2, 0.25) is 0 Å². The number of Topliss-reactive ketones (excluding diaryl/α,β-unsaturated/α-hetero) is 1. The van der Waals surface area contributed by atoms with E-state index in [9.17, 15) is 9.59 Å². The molecule has 1 aliphatic carbocycles. The van der Waals surface area contributed by atoms with Crippen molar-refractivity contribution in [3.63, 3.8) is 0 Å². The lowest BCUT2D eigenvalue weighted by atomic mass is 10.1. The maximum absolute atomic E-state index is 11.7. The minimum absolute atomic E-state index is 0.117. The van der Waals surface area contributed by atoms with E-state index in [2.05, 4.69) is 0 Å². The van der Waals surface area contributed by atoms with Gasteiger partial charge in [-0.15, -0.1) is 0 Å². The van der Waals surface area contributed by atoms with Gasteiger partial charge in [0.1, 0.15) is 0 Å². The molecule has 0 aliphatic heterocycles. The molecule has 1 aliphatic rings. The van der Waals surface area contributed by atoms with Crippen molar-refractivity contribution in [1.82, 2.24) is 0 Å². The summed E-state index contributed by atoms with van der Waals surface area (Å²) in [7, 11) is 0. The first-order valence-electron chi connectivity index (χ1n) is 4.27. The van der Waals surface area contributed by atoms with E-state index in [-0.39, 0.29) is 11.4 Å². The maximum Gasteiger partial charge on any atom is 0.252 e. The number of amides is 1. The Hall–Kier alpha value is -1.90. The third-order valence-corrected chi connectivity index (χ3v) is 2.42. The molecule has 0 saturated carbocycles. The van der Waals surface area contributed by atoms with Gasteiger partial charge in [-0.1, -0.05) is 24.3 Å². The molecule has 0 unspecified atom stereocenters. The maximum atomic E-state index is 11.7. The Morgan fingerprint density at radius 1 is 1.21 bits per heavy atom. The highest BCUT2D eigenvalue weighted by Crippen LogP contribution is 2.31. The monoisotopic (exact) mass is 187 g/mol. The number of primary amides is 1. The van der Waals surface area contributed by atoms with Crippen molar-refractivity contribution in [2.45, 2.75) is 6.92 Å². The molecule has 0 saturated heterocycles. The number of rotatable bonds is 1. The van der Waals surface area contributed by atoms with Gasteiger partial charge in [0.25, 0.3) is 5.91 Å². The van der Waals surface area contributed by atoms with Crippen molar-refractivity contribution in [3.05, 3.63) is 41.0 Å². The highest BCUT2D eigenvalue weighted by molar-refractivity contribution is 6.34. The van der Waals surface area contributed by atoms with E-state index in [1.54, 1.807) is 19.1 Å². The standard InChI is InChI=1S/C11H9NO2/c1-6-7-4-2-3-5-8(7)10(13)9(6)11(12)14/h2-5H,1H3,(H2,12,14). The van der Waals surface area contributed by atoms with E-state index in [4.69, 9.17) is 5.73 Å². The summed E-state index contributed by atoms with van der Waals surface area (Å²) < 4.78 is 0. The van der Waals surface area contributed by atoms with Crippen LogP contribution in [0.5, 0.6) is 0 Å². The van der Waals surface area contributed by atoms with E-state index in [0.717, 1.165) is 5.56 Å². The molecule has 0 heterocycles. The van der Waals surface area contributed by atoms with Gasteiger partial charge in [0.15, 0.2) is 5.78 Å². The summed E-state index contributed by atoms with van der Waals surface area (Å²) in [6.07, 6.45) is 0. The van der Waals surface area contributed by atoms with E-state index < -0.39 is 5.91 Å². The molecule has 14 heavy (non-hydrogen) atoms.